The molecule has 1 heterocycles. The standard InChI is InChI=1S/C21H29IO5/c1-14(15(2)23)10-11-17(25-20(24)16-8-6-5-7-9-16)19-18(12-13-22)26-21(3,4)27-19/h5-11,14-15,17-19,23H,12-13H2,1-4H3/t14-,15+,17?,18+,19?/m1/s1. The van der Waals surface area contributed by atoms with E-state index >= 15 is 0 Å². The Morgan fingerprint density at radius 1 is 1.26 bits per heavy atom. The monoisotopic (exact) mass is 488 g/mol. The quantitative estimate of drug-likeness (QED) is 0.258. The van der Waals surface area contributed by atoms with E-state index in [1.807, 2.05) is 39.0 Å². The first-order valence-corrected chi connectivity index (χ1v) is 10.8. The van der Waals surface area contributed by atoms with E-state index in [2.05, 4.69) is 22.6 Å². The van der Waals surface area contributed by atoms with Crippen molar-refractivity contribution in [3.05, 3.63) is 48.0 Å². The summed E-state index contributed by atoms with van der Waals surface area (Å²) in [4.78, 5) is 12.6. The molecule has 0 radical (unpaired) electrons. The van der Waals surface area contributed by atoms with Gasteiger partial charge in [0, 0.05) is 4.43 Å². The second-order valence-corrected chi connectivity index (χ2v) is 8.42. The van der Waals surface area contributed by atoms with Crippen LogP contribution in [0.1, 0.15) is 44.5 Å². The summed E-state index contributed by atoms with van der Waals surface area (Å²) in [5.74, 6) is -1.21. The molecule has 0 bridgehead atoms. The number of halogens is 1. The maximum atomic E-state index is 12.6. The Labute approximate surface area is 175 Å². The molecule has 0 aromatic heterocycles. The number of carbonyl (C=O) groups is 1. The van der Waals surface area contributed by atoms with Crippen LogP contribution in [0.2, 0.25) is 0 Å². The van der Waals surface area contributed by atoms with Crippen LogP contribution >= 0.6 is 22.6 Å². The first-order chi connectivity index (χ1) is 12.7. The van der Waals surface area contributed by atoms with Crippen LogP contribution in [0.5, 0.6) is 0 Å². The van der Waals surface area contributed by atoms with Crippen molar-refractivity contribution in [2.24, 2.45) is 5.92 Å². The zero-order valence-electron chi connectivity index (χ0n) is 16.3. The molecule has 0 amide bonds. The summed E-state index contributed by atoms with van der Waals surface area (Å²) in [5, 5.41) is 9.76. The Balaban J connectivity index is 2.24. The third-order valence-corrected chi connectivity index (χ3v) is 5.18. The van der Waals surface area contributed by atoms with Crippen LogP contribution in [0.25, 0.3) is 0 Å². The Hall–Kier alpha value is -0.960. The normalized spacial score (nSPS) is 25.3. The lowest BCUT2D eigenvalue weighted by atomic mass is 10.0. The van der Waals surface area contributed by atoms with Crippen molar-refractivity contribution in [3.63, 3.8) is 0 Å². The van der Waals surface area contributed by atoms with Crippen molar-refractivity contribution in [2.75, 3.05) is 4.43 Å². The zero-order valence-corrected chi connectivity index (χ0v) is 18.5. The van der Waals surface area contributed by atoms with E-state index in [-0.39, 0.29) is 12.0 Å². The summed E-state index contributed by atoms with van der Waals surface area (Å²) in [6.07, 6.45) is 2.81. The summed E-state index contributed by atoms with van der Waals surface area (Å²) in [7, 11) is 0. The van der Waals surface area contributed by atoms with Gasteiger partial charge in [-0.3, -0.25) is 0 Å². The SMILES string of the molecule is C[C@H](O)[C@H](C)C=CC(OC(=O)c1ccccc1)C1OC(C)(C)O[C@H]1CCI. The van der Waals surface area contributed by atoms with Gasteiger partial charge in [0.15, 0.2) is 5.79 Å². The largest absolute Gasteiger partial charge is 0.452 e. The lowest BCUT2D eigenvalue weighted by Crippen LogP contribution is -2.38. The maximum Gasteiger partial charge on any atom is 0.338 e. The average molecular weight is 488 g/mol. The van der Waals surface area contributed by atoms with Gasteiger partial charge in [0.2, 0.25) is 0 Å². The van der Waals surface area contributed by atoms with Crippen LogP contribution in [0, 0.1) is 5.92 Å². The fraction of sp³-hybridized carbons (Fsp3) is 0.571. The number of esters is 1. The molecule has 2 rings (SSSR count). The van der Waals surface area contributed by atoms with Gasteiger partial charge in [0.05, 0.1) is 17.8 Å². The first-order valence-electron chi connectivity index (χ1n) is 9.27. The van der Waals surface area contributed by atoms with E-state index in [4.69, 9.17) is 14.2 Å². The number of carbonyl (C=O) groups excluding carboxylic acids is 1. The average Bonchev–Trinajstić information content (AvgIpc) is 2.93. The first kappa shape index (κ1) is 22.3. The number of hydrogen-bond donors (Lipinski definition) is 1. The number of ether oxygens (including phenoxy) is 3. The van der Waals surface area contributed by atoms with Crippen molar-refractivity contribution in [2.45, 2.75) is 64.3 Å². The van der Waals surface area contributed by atoms with Crippen molar-refractivity contribution in [3.8, 4) is 0 Å². The Morgan fingerprint density at radius 3 is 2.52 bits per heavy atom. The molecule has 5 nitrogen and oxygen atoms in total. The van der Waals surface area contributed by atoms with Gasteiger partial charge >= 0.3 is 5.97 Å². The number of alkyl halides is 1. The molecule has 1 saturated heterocycles. The van der Waals surface area contributed by atoms with Crippen LogP contribution in [-0.2, 0) is 14.2 Å². The van der Waals surface area contributed by atoms with Gasteiger partial charge in [-0.15, -0.1) is 0 Å². The van der Waals surface area contributed by atoms with E-state index in [0.29, 0.717) is 5.56 Å². The van der Waals surface area contributed by atoms with Crippen LogP contribution in [0.3, 0.4) is 0 Å². The minimum atomic E-state index is -0.734. The van der Waals surface area contributed by atoms with Gasteiger partial charge in [-0.2, -0.15) is 0 Å². The van der Waals surface area contributed by atoms with Crippen LogP contribution in [-0.4, -0.2) is 45.7 Å². The smallest absolute Gasteiger partial charge is 0.338 e. The highest BCUT2D eigenvalue weighted by molar-refractivity contribution is 14.1. The highest BCUT2D eigenvalue weighted by atomic mass is 127. The van der Waals surface area contributed by atoms with Crippen LogP contribution in [0.15, 0.2) is 42.5 Å². The third kappa shape index (κ3) is 6.55. The molecule has 2 unspecified atom stereocenters. The fourth-order valence-electron chi connectivity index (χ4n) is 2.90. The molecule has 0 aliphatic carbocycles. The number of aliphatic hydroxyl groups is 1. The van der Waals surface area contributed by atoms with E-state index in [0.717, 1.165) is 10.8 Å². The molecule has 6 heteroatoms. The fourth-order valence-corrected chi connectivity index (χ4v) is 3.51. The minimum Gasteiger partial charge on any atom is -0.452 e. The van der Waals surface area contributed by atoms with Gasteiger partial charge < -0.3 is 19.3 Å². The predicted octanol–water partition coefficient (Wildman–Crippen LogP) is 4.13. The van der Waals surface area contributed by atoms with Gasteiger partial charge in [0.25, 0.3) is 0 Å². The molecule has 1 aromatic carbocycles. The van der Waals surface area contributed by atoms with Crippen molar-refractivity contribution < 1.29 is 24.1 Å². The number of hydrogen-bond acceptors (Lipinski definition) is 5. The van der Waals surface area contributed by atoms with Crippen LogP contribution < -0.4 is 0 Å². The van der Waals surface area contributed by atoms with Crippen molar-refractivity contribution in [1.29, 1.82) is 0 Å². The Bertz CT molecular complexity index is 629. The molecular formula is C21H29IO5. The van der Waals surface area contributed by atoms with Gasteiger partial charge in [-0.1, -0.05) is 53.8 Å². The van der Waals surface area contributed by atoms with Gasteiger partial charge in [0.1, 0.15) is 12.2 Å². The number of benzene rings is 1. The summed E-state index contributed by atoms with van der Waals surface area (Å²) < 4.78 is 18.8. The Morgan fingerprint density at radius 2 is 1.93 bits per heavy atom. The molecule has 1 aliphatic heterocycles. The number of rotatable bonds is 8. The molecule has 0 saturated carbocycles. The molecule has 1 N–H and O–H groups in total. The second kappa shape index (κ2) is 10.0. The summed E-state index contributed by atoms with van der Waals surface area (Å²) in [6.45, 7) is 7.38. The molecule has 0 spiro atoms. The summed E-state index contributed by atoms with van der Waals surface area (Å²) in [5.41, 5.74) is 0.489. The molecule has 5 atom stereocenters. The lowest BCUT2D eigenvalue weighted by Gasteiger charge is -2.25. The van der Waals surface area contributed by atoms with Crippen LogP contribution in [0.4, 0.5) is 0 Å². The molecular weight excluding hydrogens is 459 g/mol. The molecule has 1 aliphatic rings. The molecule has 150 valence electrons. The minimum absolute atomic E-state index is 0.0683. The topological polar surface area (TPSA) is 65.0 Å². The van der Waals surface area contributed by atoms with E-state index in [1.165, 1.54) is 0 Å². The summed E-state index contributed by atoms with van der Waals surface area (Å²) >= 11 is 2.30. The molecule has 1 fully saturated rings. The third-order valence-electron chi connectivity index (χ3n) is 4.56. The molecule has 27 heavy (non-hydrogen) atoms. The number of aliphatic hydroxyl groups excluding tert-OH is 1. The van der Waals surface area contributed by atoms with Gasteiger partial charge in [-0.05, 0) is 51.3 Å². The van der Waals surface area contributed by atoms with Gasteiger partial charge in [-0.25, -0.2) is 4.79 Å². The van der Waals surface area contributed by atoms with E-state index in [9.17, 15) is 9.90 Å². The zero-order chi connectivity index (χ0) is 20.0. The predicted molar refractivity (Wildman–Crippen MR) is 113 cm³/mol. The lowest BCUT2D eigenvalue weighted by molar-refractivity contribution is -0.153. The maximum absolute atomic E-state index is 12.6. The van der Waals surface area contributed by atoms with Crippen molar-refractivity contribution in [1.82, 2.24) is 0 Å². The second-order valence-electron chi connectivity index (χ2n) is 7.34. The summed E-state index contributed by atoms with van der Waals surface area (Å²) in [6, 6.07) is 8.90. The van der Waals surface area contributed by atoms with E-state index < -0.39 is 30.1 Å². The van der Waals surface area contributed by atoms with E-state index in [1.54, 1.807) is 31.2 Å². The highest BCUT2D eigenvalue weighted by Crippen LogP contribution is 2.34. The van der Waals surface area contributed by atoms with Crippen molar-refractivity contribution >= 4 is 28.6 Å². The Kier molecular flexibility index (Phi) is 8.27. The molecule has 1 aromatic rings. The highest BCUT2D eigenvalue weighted by Gasteiger charge is 2.45.